The Morgan fingerprint density at radius 1 is 1.15 bits per heavy atom. The van der Waals surface area contributed by atoms with Gasteiger partial charge in [0.2, 0.25) is 0 Å². The van der Waals surface area contributed by atoms with Crippen molar-refractivity contribution in [3.8, 4) is 5.69 Å². The molecule has 8 nitrogen and oxygen atoms in total. The topological polar surface area (TPSA) is 75.4 Å². The average Bonchev–Trinajstić information content (AvgIpc) is 3.23. The fourth-order valence-electron chi connectivity index (χ4n) is 5.35. The second-order valence-corrected chi connectivity index (χ2v) is 10.3. The number of hydrogen-bond donors (Lipinski definition) is 1. The predicted molar refractivity (Wildman–Crippen MR) is 148 cm³/mol. The van der Waals surface area contributed by atoms with Crippen LogP contribution < -0.4 is 10.9 Å². The highest BCUT2D eigenvalue weighted by Crippen LogP contribution is 2.41. The molecule has 1 amide bonds. The van der Waals surface area contributed by atoms with Crippen LogP contribution in [-0.4, -0.2) is 70.0 Å². The second-order valence-electron chi connectivity index (χ2n) is 10.3. The molecular weight excluding hydrogens is 502 g/mol. The highest BCUT2D eigenvalue weighted by molar-refractivity contribution is 5.93. The highest BCUT2D eigenvalue weighted by Gasteiger charge is 2.45. The maximum absolute atomic E-state index is 15.4. The molecule has 1 aromatic carbocycles. The lowest BCUT2D eigenvalue weighted by Gasteiger charge is -2.38. The molecule has 1 fully saturated rings. The van der Waals surface area contributed by atoms with E-state index in [4.69, 9.17) is 0 Å². The molecule has 1 saturated heterocycles. The normalized spacial score (nSPS) is 17.3. The molecule has 4 heterocycles. The summed E-state index contributed by atoms with van der Waals surface area (Å²) in [6, 6.07) is 13.6. The minimum atomic E-state index is -2.93. The van der Waals surface area contributed by atoms with Gasteiger partial charge in [0, 0.05) is 75.5 Å². The summed E-state index contributed by atoms with van der Waals surface area (Å²) in [4.78, 5) is 32.6. The summed E-state index contributed by atoms with van der Waals surface area (Å²) in [5, 5.41) is 3.74. The Morgan fingerprint density at radius 2 is 1.90 bits per heavy atom. The highest BCUT2D eigenvalue weighted by atomic mass is 19.3. The molecule has 10 heteroatoms. The van der Waals surface area contributed by atoms with Gasteiger partial charge in [0.25, 0.3) is 17.4 Å². The number of carbonyl (C=O) groups is 1. The zero-order valence-electron chi connectivity index (χ0n) is 22.5. The van der Waals surface area contributed by atoms with Crippen LogP contribution in [0.1, 0.15) is 34.0 Å². The number of likely N-dealkylation sites (tertiary alicyclic amines) is 1. The van der Waals surface area contributed by atoms with Crippen LogP contribution in [0.5, 0.6) is 0 Å². The van der Waals surface area contributed by atoms with Crippen LogP contribution in [0.3, 0.4) is 0 Å². The molecule has 5 rings (SSSR count). The maximum atomic E-state index is 15.4. The summed E-state index contributed by atoms with van der Waals surface area (Å²) < 4.78 is 34.3. The van der Waals surface area contributed by atoms with Crippen LogP contribution in [0.2, 0.25) is 0 Å². The molecular formula is C29H32F2N6O2. The Morgan fingerprint density at radius 3 is 2.54 bits per heavy atom. The number of rotatable bonds is 6. The first-order valence-corrected chi connectivity index (χ1v) is 12.8. The van der Waals surface area contributed by atoms with Crippen LogP contribution >= 0.6 is 0 Å². The SMILES string of the molecule is CNc1ccn(-c2ccnc3c2cc(CN2CC[C@H](c4ccc(C(=O)N(C)C)cc4)C(F)(F)C2)n3C)c(=O)c1. The molecule has 204 valence electrons. The van der Waals surface area contributed by atoms with Gasteiger partial charge < -0.3 is 14.8 Å². The molecule has 3 aromatic heterocycles. The van der Waals surface area contributed by atoms with Crippen LogP contribution in [0.25, 0.3) is 16.7 Å². The van der Waals surface area contributed by atoms with Gasteiger partial charge in [0.05, 0.1) is 18.2 Å². The van der Waals surface area contributed by atoms with Crippen molar-refractivity contribution >= 4 is 22.6 Å². The van der Waals surface area contributed by atoms with Crippen molar-refractivity contribution in [2.45, 2.75) is 24.8 Å². The van der Waals surface area contributed by atoms with Crippen LogP contribution in [-0.2, 0) is 13.6 Å². The van der Waals surface area contributed by atoms with Gasteiger partial charge in [-0.3, -0.25) is 19.1 Å². The Bertz CT molecular complexity index is 1580. The number of nitrogens with one attached hydrogen (secondary N) is 1. The summed E-state index contributed by atoms with van der Waals surface area (Å²) in [6.45, 7) is 0.465. The third-order valence-electron chi connectivity index (χ3n) is 7.50. The summed E-state index contributed by atoms with van der Waals surface area (Å²) in [7, 11) is 6.94. The van der Waals surface area contributed by atoms with E-state index in [0.29, 0.717) is 42.0 Å². The number of piperidine rings is 1. The van der Waals surface area contributed by atoms with E-state index < -0.39 is 11.8 Å². The van der Waals surface area contributed by atoms with E-state index >= 15 is 8.78 Å². The zero-order chi connectivity index (χ0) is 27.9. The van der Waals surface area contributed by atoms with E-state index in [1.807, 2.05) is 23.7 Å². The third-order valence-corrected chi connectivity index (χ3v) is 7.50. The maximum Gasteiger partial charge on any atom is 0.267 e. The average molecular weight is 535 g/mol. The number of alkyl halides is 2. The molecule has 0 spiro atoms. The number of anilines is 1. The number of amides is 1. The van der Waals surface area contributed by atoms with Crippen LogP contribution in [0, 0.1) is 0 Å². The van der Waals surface area contributed by atoms with E-state index in [2.05, 4.69) is 10.3 Å². The largest absolute Gasteiger partial charge is 0.388 e. The van der Waals surface area contributed by atoms with E-state index in [9.17, 15) is 9.59 Å². The van der Waals surface area contributed by atoms with Crippen molar-refractivity contribution in [3.05, 3.63) is 88.1 Å². The standard InChI is InChI=1S/C29H32F2N6O2/c1-32-21-10-14-37(26(38)15-21)25-9-12-33-27-23(25)16-22(35(27)4)17-36-13-11-24(29(30,31)18-36)19-5-7-20(8-6-19)28(39)34(2)3/h5-10,12,14-16,24,32H,11,13,17-18H2,1-4H3/t24-/m1/s1. The minimum absolute atomic E-state index is 0.157. The van der Waals surface area contributed by atoms with Crippen molar-refractivity contribution in [3.63, 3.8) is 0 Å². The summed E-state index contributed by atoms with van der Waals surface area (Å²) in [5.41, 5.74) is 3.77. The Hall–Kier alpha value is -4.05. The first-order chi connectivity index (χ1) is 18.6. The van der Waals surface area contributed by atoms with Gasteiger partial charge in [-0.2, -0.15) is 0 Å². The van der Waals surface area contributed by atoms with E-state index in [1.54, 1.807) is 73.3 Å². The summed E-state index contributed by atoms with van der Waals surface area (Å²) >= 11 is 0. The number of nitrogens with zero attached hydrogens (tertiary/aromatic N) is 5. The quantitative estimate of drug-likeness (QED) is 0.403. The smallest absolute Gasteiger partial charge is 0.267 e. The monoisotopic (exact) mass is 534 g/mol. The zero-order valence-corrected chi connectivity index (χ0v) is 22.5. The third kappa shape index (κ3) is 5.04. The fourth-order valence-corrected chi connectivity index (χ4v) is 5.35. The van der Waals surface area contributed by atoms with E-state index in [-0.39, 0.29) is 18.0 Å². The lowest BCUT2D eigenvalue weighted by molar-refractivity contribution is -0.0851. The molecule has 1 aliphatic heterocycles. The molecule has 1 aliphatic rings. The van der Waals surface area contributed by atoms with Crippen molar-refractivity contribution in [1.82, 2.24) is 23.9 Å². The van der Waals surface area contributed by atoms with Crippen LogP contribution in [0.15, 0.2) is 65.7 Å². The summed E-state index contributed by atoms with van der Waals surface area (Å²) in [6.07, 6.45) is 3.66. The first-order valence-electron chi connectivity index (χ1n) is 12.8. The van der Waals surface area contributed by atoms with Gasteiger partial charge in [0.15, 0.2) is 0 Å². The number of halogens is 2. The number of fused-ring (bicyclic) bond motifs is 1. The number of benzene rings is 1. The van der Waals surface area contributed by atoms with Gasteiger partial charge in [-0.1, -0.05) is 12.1 Å². The van der Waals surface area contributed by atoms with Crippen LogP contribution in [0.4, 0.5) is 14.5 Å². The lowest BCUT2D eigenvalue weighted by atomic mass is 9.85. The van der Waals surface area contributed by atoms with E-state index in [0.717, 1.165) is 16.8 Å². The molecule has 0 saturated carbocycles. The molecule has 4 aromatic rings. The van der Waals surface area contributed by atoms with E-state index in [1.165, 1.54) is 11.0 Å². The molecule has 0 unspecified atom stereocenters. The van der Waals surface area contributed by atoms with Crippen molar-refractivity contribution in [2.24, 2.45) is 7.05 Å². The number of aryl methyl sites for hydroxylation is 1. The van der Waals surface area contributed by atoms with Gasteiger partial charge in [-0.25, -0.2) is 13.8 Å². The number of hydrogen-bond acceptors (Lipinski definition) is 5. The predicted octanol–water partition coefficient (Wildman–Crippen LogP) is 4.09. The summed E-state index contributed by atoms with van der Waals surface area (Å²) in [5.74, 6) is -4.00. The first kappa shape index (κ1) is 26.6. The number of pyridine rings is 2. The molecule has 1 atom stereocenters. The number of carbonyl (C=O) groups excluding carboxylic acids is 1. The molecule has 39 heavy (non-hydrogen) atoms. The minimum Gasteiger partial charge on any atom is -0.388 e. The second kappa shape index (κ2) is 10.3. The Kier molecular flexibility index (Phi) is 6.98. The molecule has 0 radical (unpaired) electrons. The van der Waals surface area contributed by atoms with Crippen molar-refractivity contribution in [1.29, 1.82) is 0 Å². The fraction of sp³-hybridized carbons (Fsp3) is 0.345. The van der Waals surface area contributed by atoms with Gasteiger partial charge in [0.1, 0.15) is 5.65 Å². The van der Waals surface area contributed by atoms with Crippen molar-refractivity contribution < 1.29 is 13.6 Å². The van der Waals surface area contributed by atoms with Gasteiger partial charge >= 0.3 is 0 Å². The Balaban J connectivity index is 1.36. The molecule has 0 aliphatic carbocycles. The molecule has 0 bridgehead atoms. The lowest BCUT2D eigenvalue weighted by Crippen LogP contribution is -2.47. The molecule has 1 N–H and O–H groups in total. The Labute approximate surface area is 225 Å². The van der Waals surface area contributed by atoms with Crippen molar-refractivity contribution in [2.75, 3.05) is 39.5 Å². The van der Waals surface area contributed by atoms with Gasteiger partial charge in [-0.05, 0) is 48.9 Å². The van der Waals surface area contributed by atoms with Gasteiger partial charge in [-0.15, -0.1) is 0 Å². The number of aromatic nitrogens is 3.